The van der Waals surface area contributed by atoms with Gasteiger partial charge in [-0.2, -0.15) is 10.1 Å². The van der Waals surface area contributed by atoms with E-state index in [1.54, 1.807) is 13.3 Å². The molecule has 0 amide bonds. The van der Waals surface area contributed by atoms with Crippen LogP contribution >= 0.6 is 0 Å². The minimum Gasteiger partial charge on any atom is -0.497 e. The van der Waals surface area contributed by atoms with Crippen molar-refractivity contribution in [1.82, 2.24) is 15.2 Å². The molecule has 1 fully saturated rings. The first-order valence-corrected chi connectivity index (χ1v) is 7.30. The number of hydrogen-bond donors (Lipinski definition) is 2. The van der Waals surface area contributed by atoms with Crippen molar-refractivity contribution in [1.29, 1.82) is 0 Å². The molecule has 3 rings (SSSR count). The van der Waals surface area contributed by atoms with E-state index in [2.05, 4.69) is 25.8 Å². The van der Waals surface area contributed by atoms with E-state index >= 15 is 0 Å². The predicted octanol–water partition coefficient (Wildman–Crippen LogP) is 2.21. The van der Waals surface area contributed by atoms with Crippen LogP contribution in [0.25, 0.3) is 0 Å². The monoisotopic (exact) mass is 301 g/mol. The van der Waals surface area contributed by atoms with Crippen LogP contribution in [0.1, 0.15) is 12.8 Å². The van der Waals surface area contributed by atoms with Gasteiger partial charge in [-0.3, -0.25) is 0 Å². The number of nitrogens with zero attached hydrogens (tertiary/aromatic N) is 3. The van der Waals surface area contributed by atoms with E-state index in [0.717, 1.165) is 30.9 Å². The zero-order valence-electron chi connectivity index (χ0n) is 12.5. The number of nitrogens with one attached hydrogen (secondary N) is 2. The normalized spacial score (nSPS) is 17.2. The number of ether oxygens (including phenoxy) is 2. The zero-order chi connectivity index (χ0) is 15.2. The molecule has 22 heavy (non-hydrogen) atoms. The first-order valence-electron chi connectivity index (χ1n) is 7.30. The molecule has 1 aliphatic rings. The molecule has 1 saturated heterocycles. The third kappa shape index (κ3) is 3.82. The zero-order valence-corrected chi connectivity index (χ0v) is 12.5. The molecule has 0 spiro atoms. The number of hydrogen-bond acceptors (Lipinski definition) is 7. The fourth-order valence-corrected chi connectivity index (χ4v) is 2.30. The Hall–Kier alpha value is -2.41. The van der Waals surface area contributed by atoms with Crippen molar-refractivity contribution < 1.29 is 9.47 Å². The lowest BCUT2D eigenvalue weighted by Crippen LogP contribution is -2.20. The molecule has 2 heterocycles. The van der Waals surface area contributed by atoms with Crippen LogP contribution in [0.3, 0.4) is 0 Å². The Morgan fingerprint density at radius 2 is 2.36 bits per heavy atom. The minimum absolute atomic E-state index is 0.235. The van der Waals surface area contributed by atoms with E-state index in [9.17, 15) is 0 Å². The van der Waals surface area contributed by atoms with Crippen LogP contribution in [0.5, 0.6) is 5.75 Å². The largest absolute Gasteiger partial charge is 0.497 e. The average molecular weight is 301 g/mol. The van der Waals surface area contributed by atoms with Gasteiger partial charge in [0.15, 0.2) is 5.82 Å². The second-order valence-electron chi connectivity index (χ2n) is 5.04. The Bertz CT molecular complexity index is 616. The maximum atomic E-state index is 5.56. The van der Waals surface area contributed by atoms with Gasteiger partial charge in [-0.25, -0.2) is 0 Å². The average Bonchev–Trinajstić information content (AvgIpc) is 3.07. The molecule has 7 heteroatoms. The first kappa shape index (κ1) is 14.5. The van der Waals surface area contributed by atoms with Gasteiger partial charge >= 0.3 is 0 Å². The van der Waals surface area contributed by atoms with Crippen molar-refractivity contribution in [2.45, 2.75) is 18.9 Å². The number of aromatic nitrogens is 3. The summed E-state index contributed by atoms with van der Waals surface area (Å²) in [6, 6.07) is 7.62. The lowest BCUT2D eigenvalue weighted by atomic mass is 10.2. The van der Waals surface area contributed by atoms with Crippen LogP contribution in [0.2, 0.25) is 0 Å². The van der Waals surface area contributed by atoms with Gasteiger partial charge in [-0.15, -0.1) is 5.10 Å². The molecule has 0 saturated carbocycles. The van der Waals surface area contributed by atoms with E-state index < -0.39 is 0 Å². The van der Waals surface area contributed by atoms with Gasteiger partial charge in [0.05, 0.1) is 19.4 Å². The lowest BCUT2D eigenvalue weighted by molar-refractivity contribution is 0.120. The highest BCUT2D eigenvalue weighted by atomic mass is 16.5. The molecule has 1 atom stereocenters. The van der Waals surface area contributed by atoms with Crippen LogP contribution < -0.4 is 15.4 Å². The maximum absolute atomic E-state index is 5.56. The first-order chi connectivity index (χ1) is 10.8. The Kier molecular flexibility index (Phi) is 4.65. The van der Waals surface area contributed by atoms with Gasteiger partial charge in [0, 0.05) is 24.9 Å². The predicted molar refractivity (Wildman–Crippen MR) is 83.6 cm³/mol. The van der Waals surface area contributed by atoms with Crippen molar-refractivity contribution in [3.8, 4) is 5.75 Å². The molecule has 1 aromatic heterocycles. The van der Waals surface area contributed by atoms with Crippen LogP contribution in [0.4, 0.5) is 17.5 Å². The smallest absolute Gasteiger partial charge is 0.244 e. The molecule has 0 radical (unpaired) electrons. The summed E-state index contributed by atoms with van der Waals surface area (Å²) in [5.41, 5.74) is 0.880. The molecule has 116 valence electrons. The third-order valence-corrected chi connectivity index (χ3v) is 3.41. The Morgan fingerprint density at radius 1 is 1.41 bits per heavy atom. The number of benzene rings is 1. The fourth-order valence-electron chi connectivity index (χ4n) is 2.30. The number of anilines is 3. The molecule has 0 bridgehead atoms. The molecular formula is C15H19N5O2. The minimum atomic E-state index is 0.235. The summed E-state index contributed by atoms with van der Waals surface area (Å²) in [6.45, 7) is 1.53. The number of methoxy groups -OCH3 is 1. The number of rotatable bonds is 6. The van der Waals surface area contributed by atoms with Crippen molar-refractivity contribution >= 4 is 17.5 Å². The van der Waals surface area contributed by atoms with Gasteiger partial charge in [-0.05, 0) is 25.0 Å². The topological polar surface area (TPSA) is 81.2 Å². The third-order valence-electron chi connectivity index (χ3n) is 3.41. The van der Waals surface area contributed by atoms with Crippen LogP contribution in [0.15, 0.2) is 30.5 Å². The van der Waals surface area contributed by atoms with E-state index in [4.69, 9.17) is 9.47 Å². The van der Waals surface area contributed by atoms with Crippen LogP contribution in [-0.4, -0.2) is 41.5 Å². The van der Waals surface area contributed by atoms with Crippen molar-refractivity contribution in [3.05, 3.63) is 30.5 Å². The van der Waals surface area contributed by atoms with Crippen LogP contribution in [0, 0.1) is 0 Å². The molecule has 7 nitrogen and oxygen atoms in total. The molecule has 2 aromatic rings. The molecule has 0 aliphatic carbocycles. The lowest BCUT2D eigenvalue weighted by Gasteiger charge is -2.11. The SMILES string of the molecule is COc1cccc(Nc2cnnc(NCC3CCCO3)n2)c1. The Labute approximate surface area is 129 Å². The second kappa shape index (κ2) is 7.04. The molecular weight excluding hydrogens is 282 g/mol. The van der Waals surface area contributed by atoms with Gasteiger partial charge in [0.1, 0.15) is 5.75 Å². The summed E-state index contributed by atoms with van der Waals surface area (Å²) in [4.78, 5) is 4.39. The van der Waals surface area contributed by atoms with Crippen molar-refractivity contribution in [2.24, 2.45) is 0 Å². The molecule has 2 N–H and O–H groups in total. The second-order valence-corrected chi connectivity index (χ2v) is 5.04. The van der Waals surface area contributed by atoms with Gasteiger partial charge in [-0.1, -0.05) is 6.07 Å². The van der Waals surface area contributed by atoms with Crippen LogP contribution in [-0.2, 0) is 4.74 Å². The van der Waals surface area contributed by atoms with Crippen molar-refractivity contribution in [3.63, 3.8) is 0 Å². The summed E-state index contributed by atoms with van der Waals surface area (Å²) in [7, 11) is 1.64. The van der Waals surface area contributed by atoms with Gasteiger partial charge in [0.25, 0.3) is 0 Å². The fraction of sp³-hybridized carbons (Fsp3) is 0.400. The standard InChI is InChI=1S/C15H19N5O2/c1-21-12-5-2-4-11(8-12)18-14-10-17-20-15(19-14)16-9-13-6-3-7-22-13/h2,4-5,8,10,13H,3,6-7,9H2,1H3,(H2,16,18,19,20). The molecule has 1 unspecified atom stereocenters. The van der Waals surface area contributed by atoms with E-state index in [1.807, 2.05) is 24.3 Å². The Morgan fingerprint density at radius 3 is 3.18 bits per heavy atom. The summed E-state index contributed by atoms with van der Waals surface area (Å²) in [5, 5.41) is 14.3. The molecule has 1 aliphatic heterocycles. The van der Waals surface area contributed by atoms with E-state index in [0.29, 0.717) is 18.3 Å². The van der Waals surface area contributed by atoms with Gasteiger partial charge < -0.3 is 20.1 Å². The van der Waals surface area contributed by atoms with E-state index in [1.165, 1.54) is 0 Å². The Balaban J connectivity index is 1.62. The highest BCUT2D eigenvalue weighted by molar-refractivity contribution is 5.58. The summed E-state index contributed by atoms with van der Waals surface area (Å²) in [5.74, 6) is 1.89. The highest BCUT2D eigenvalue weighted by Gasteiger charge is 2.15. The highest BCUT2D eigenvalue weighted by Crippen LogP contribution is 2.20. The maximum Gasteiger partial charge on any atom is 0.244 e. The summed E-state index contributed by atoms with van der Waals surface area (Å²) < 4.78 is 10.8. The molecule has 1 aromatic carbocycles. The quantitative estimate of drug-likeness (QED) is 0.846. The summed E-state index contributed by atoms with van der Waals surface area (Å²) in [6.07, 6.45) is 4.00. The summed E-state index contributed by atoms with van der Waals surface area (Å²) >= 11 is 0. The van der Waals surface area contributed by atoms with E-state index in [-0.39, 0.29) is 6.10 Å². The van der Waals surface area contributed by atoms with Crippen molar-refractivity contribution in [2.75, 3.05) is 30.9 Å². The van der Waals surface area contributed by atoms with Gasteiger partial charge in [0.2, 0.25) is 5.95 Å².